The molecule has 1 aromatic carbocycles. The van der Waals surface area contributed by atoms with Crippen molar-refractivity contribution in [1.82, 2.24) is 4.90 Å². The van der Waals surface area contributed by atoms with E-state index in [2.05, 4.69) is 13.8 Å². The van der Waals surface area contributed by atoms with E-state index in [9.17, 15) is 4.79 Å². The van der Waals surface area contributed by atoms with Crippen molar-refractivity contribution < 1.29 is 4.79 Å². The molecule has 3 nitrogen and oxygen atoms in total. The highest BCUT2D eigenvalue weighted by atomic mass is 32.2. The van der Waals surface area contributed by atoms with Gasteiger partial charge in [-0.25, -0.2) is 0 Å². The third-order valence-corrected chi connectivity index (χ3v) is 4.91. The fraction of sp³-hybridized carbons (Fsp3) is 0.588. The molecule has 1 amide bonds. The van der Waals surface area contributed by atoms with Crippen LogP contribution in [0.4, 0.5) is 0 Å². The molecular weight excluding hydrogens is 280 g/mol. The first kappa shape index (κ1) is 16.4. The number of carbonyl (C=O) groups is 1. The normalized spacial score (nSPS) is 20.6. The SMILES string of the molecule is CC(C)Sc1ccc(C(=O)N2CCCCC2C(C)N)cc1. The van der Waals surface area contributed by atoms with Crippen molar-refractivity contribution in [2.75, 3.05) is 6.54 Å². The predicted octanol–water partition coefficient (Wildman–Crippen LogP) is 3.53. The zero-order chi connectivity index (χ0) is 15.4. The first-order valence-electron chi connectivity index (χ1n) is 7.82. The molecule has 4 heteroatoms. The number of hydrogen-bond acceptors (Lipinski definition) is 3. The Labute approximate surface area is 132 Å². The Hall–Kier alpha value is -1.00. The van der Waals surface area contributed by atoms with E-state index in [4.69, 9.17) is 5.73 Å². The largest absolute Gasteiger partial charge is 0.334 e. The summed E-state index contributed by atoms with van der Waals surface area (Å²) in [5.41, 5.74) is 6.83. The number of amides is 1. The number of carbonyl (C=O) groups excluding carboxylic acids is 1. The second kappa shape index (κ2) is 7.32. The van der Waals surface area contributed by atoms with Gasteiger partial charge in [0.05, 0.1) is 0 Å². The van der Waals surface area contributed by atoms with Crippen molar-refractivity contribution in [2.45, 2.75) is 62.3 Å². The lowest BCUT2D eigenvalue weighted by atomic mass is 9.96. The van der Waals surface area contributed by atoms with Crippen molar-refractivity contribution in [3.8, 4) is 0 Å². The van der Waals surface area contributed by atoms with E-state index in [0.29, 0.717) is 5.25 Å². The van der Waals surface area contributed by atoms with E-state index < -0.39 is 0 Å². The van der Waals surface area contributed by atoms with Gasteiger partial charge < -0.3 is 10.6 Å². The van der Waals surface area contributed by atoms with Crippen molar-refractivity contribution >= 4 is 17.7 Å². The van der Waals surface area contributed by atoms with Crippen molar-refractivity contribution in [3.63, 3.8) is 0 Å². The van der Waals surface area contributed by atoms with Gasteiger partial charge in [0.25, 0.3) is 5.91 Å². The summed E-state index contributed by atoms with van der Waals surface area (Å²) in [4.78, 5) is 15.9. The Morgan fingerprint density at radius 2 is 1.90 bits per heavy atom. The molecule has 1 aromatic rings. The van der Waals surface area contributed by atoms with Crippen LogP contribution in [0, 0.1) is 0 Å². The topological polar surface area (TPSA) is 46.3 Å². The number of piperidine rings is 1. The molecule has 2 rings (SSSR count). The Morgan fingerprint density at radius 1 is 1.24 bits per heavy atom. The number of hydrogen-bond donors (Lipinski definition) is 1. The van der Waals surface area contributed by atoms with Gasteiger partial charge in [0, 0.05) is 34.3 Å². The highest BCUT2D eigenvalue weighted by molar-refractivity contribution is 7.99. The fourth-order valence-electron chi connectivity index (χ4n) is 2.87. The standard InChI is InChI=1S/C17H26N2OS/c1-12(2)21-15-9-7-14(8-10-15)17(20)19-11-5-4-6-16(19)13(3)18/h7-10,12-13,16H,4-6,11,18H2,1-3H3. The molecule has 1 heterocycles. The molecule has 0 bridgehead atoms. The maximum Gasteiger partial charge on any atom is 0.254 e. The van der Waals surface area contributed by atoms with Crippen molar-refractivity contribution in [1.29, 1.82) is 0 Å². The zero-order valence-corrected chi connectivity index (χ0v) is 14.0. The average Bonchev–Trinajstić information content (AvgIpc) is 2.46. The van der Waals surface area contributed by atoms with Gasteiger partial charge in [0.15, 0.2) is 0 Å². The van der Waals surface area contributed by atoms with Crippen LogP contribution in [0.15, 0.2) is 29.2 Å². The van der Waals surface area contributed by atoms with Crippen LogP contribution in [0.1, 0.15) is 50.4 Å². The van der Waals surface area contributed by atoms with Crippen LogP contribution in [-0.2, 0) is 0 Å². The lowest BCUT2D eigenvalue weighted by molar-refractivity contribution is 0.0584. The lowest BCUT2D eigenvalue weighted by Gasteiger charge is -2.38. The molecule has 0 saturated carbocycles. The maximum atomic E-state index is 12.7. The molecule has 2 atom stereocenters. The van der Waals surface area contributed by atoms with Crippen molar-refractivity contribution in [2.24, 2.45) is 5.73 Å². The van der Waals surface area contributed by atoms with E-state index in [1.165, 1.54) is 11.3 Å². The second-order valence-electron chi connectivity index (χ2n) is 6.11. The van der Waals surface area contributed by atoms with Gasteiger partial charge in [-0.2, -0.15) is 0 Å². The molecule has 0 aliphatic carbocycles. The molecule has 0 radical (unpaired) electrons. The molecule has 116 valence electrons. The Kier molecular flexibility index (Phi) is 5.71. The molecule has 1 saturated heterocycles. The summed E-state index contributed by atoms with van der Waals surface area (Å²) in [6.07, 6.45) is 3.26. The predicted molar refractivity (Wildman–Crippen MR) is 89.8 cm³/mol. The second-order valence-corrected chi connectivity index (χ2v) is 7.76. The molecule has 1 aliphatic rings. The number of nitrogens with two attached hydrogens (primary N) is 1. The van der Waals surface area contributed by atoms with E-state index >= 15 is 0 Å². The minimum atomic E-state index is 0.0324. The van der Waals surface area contributed by atoms with Crippen LogP contribution >= 0.6 is 11.8 Å². The highest BCUT2D eigenvalue weighted by Crippen LogP contribution is 2.25. The molecule has 21 heavy (non-hydrogen) atoms. The zero-order valence-electron chi connectivity index (χ0n) is 13.2. The van der Waals surface area contributed by atoms with Crippen LogP contribution in [0.5, 0.6) is 0 Å². The number of rotatable bonds is 4. The highest BCUT2D eigenvalue weighted by Gasteiger charge is 2.29. The van der Waals surface area contributed by atoms with Crippen LogP contribution in [0.3, 0.4) is 0 Å². The monoisotopic (exact) mass is 306 g/mol. The third-order valence-electron chi connectivity index (χ3n) is 3.89. The smallest absolute Gasteiger partial charge is 0.254 e. The Morgan fingerprint density at radius 3 is 2.48 bits per heavy atom. The Balaban J connectivity index is 2.11. The minimum Gasteiger partial charge on any atom is -0.334 e. The minimum absolute atomic E-state index is 0.0324. The van der Waals surface area contributed by atoms with Crippen LogP contribution in [0.2, 0.25) is 0 Å². The van der Waals surface area contributed by atoms with Gasteiger partial charge in [-0.15, -0.1) is 11.8 Å². The summed E-state index contributed by atoms with van der Waals surface area (Å²) >= 11 is 1.81. The summed E-state index contributed by atoms with van der Waals surface area (Å²) < 4.78 is 0. The molecular formula is C17H26N2OS. The van der Waals surface area contributed by atoms with Gasteiger partial charge >= 0.3 is 0 Å². The summed E-state index contributed by atoms with van der Waals surface area (Å²) in [7, 11) is 0. The fourth-order valence-corrected chi connectivity index (χ4v) is 3.71. The number of thioether (sulfide) groups is 1. The van der Waals surface area contributed by atoms with E-state index in [0.717, 1.165) is 24.9 Å². The Bertz CT molecular complexity index is 470. The van der Waals surface area contributed by atoms with Gasteiger partial charge in [-0.1, -0.05) is 13.8 Å². The van der Waals surface area contributed by atoms with Gasteiger partial charge in [-0.3, -0.25) is 4.79 Å². The van der Waals surface area contributed by atoms with Crippen molar-refractivity contribution in [3.05, 3.63) is 29.8 Å². The quantitative estimate of drug-likeness (QED) is 0.866. The van der Waals surface area contributed by atoms with E-state index in [1.54, 1.807) is 0 Å². The molecule has 1 aliphatic heterocycles. The summed E-state index contributed by atoms with van der Waals surface area (Å²) in [5.74, 6) is 0.123. The first-order chi connectivity index (χ1) is 9.99. The van der Waals surface area contributed by atoms with Crippen LogP contribution in [0.25, 0.3) is 0 Å². The summed E-state index contributed by atoms with van der Waals surface area (Å²) in [6.45, 7) is 7.17. The molecule has 2 unspecified atom stereocenters. The van der Waals surface area contributed by atoms with Gasteiger partial charge in [-0.05, 0) is 50.5 Å². The number of likely N-dealkylation sites (tertiary alicyclic amines) is 1. The van der Waals surface area contributed by atoms with Gasteiger partial charge in [0.1, 0.15) is 0 Å². The molecule has 2 N–H and O–H groups in total. The summed E-state index contributed by atoms with van der Waals surface area (Å²) in [5, 5.41) is 0.552. The van der Waals surface area contributed by atoms with Crippen LogP contribution in [-0.4, -0.2) is 34.7 Å². The molecule has 1 fully saturated rings. The third kappa shape index (κ3) is 4.24. The first-order valence-corrected chi connectivity index (χ1v) is 8.70. The van der Waals surface area contributed by atoms with Crippen LogP contribution < -0.4 is 5.73 Å². The number of benzene rings is 1. The molecule has 0 aromatic heterocycles. The van der Waals surface area contributed by atoms with E-state index in [-0.39, 0.29) is 18.0 Å². The lowest BCUT2D eigenvalue weighted by Crippen LogP contribution is -2.51. The molecule has 0 spiro atoms. The average molecular weight is 306 g/mol. The van der Waals surface area contributed by atoms with E-state index in [1.807, 2.05) is 47.9 Å². The summed E-state index contributed by atoms with van der Waals surface area (Å²) in [6, 6.07) is 8.19. The maximum absolute atomic E-state index is 12.7. The number of nitrogens with zero attached hydrogens (tertiary/aromatic N) is 1. The van der Waals surface area contributed by atoms with Gasteiger partial charge in [0.2, 0.25) is 0 Å².